The maximum Gasteiger partial charge on any atom is 0.181 e. The number of nitrogens with one attached hydrogen (secondary N) is 1. The number of rotatable bonds is 2. The van der Waals surface area contributed by atoms with E-state index in [2.05, 4.69) is 4.98 Å². The van der Waals surface area contributed by atoms with E-state index in [0.29, 0.717) is 15.5 Å². The number of H-pyrrole nitrogens is 1. The first-order valence-corrected chi connectivity index (χ1v) is 5.11. The van der Waals surface area contributed by atoms with Crippen molar-refractivity contribution in [2.24, 2.45) is 0 Å². The molecule has 0 unspecified atom stereocenters. The van der Waals surface area contributed by atoms with Crippen LogP contribution in [0.2, 0.25) is 5.02 Å². The van der Waals surface area contributed by atoms with Crippen LogP contribution in [0.3, 0.4) is 0 Å². The number of hydrogen-bond acceptors (Lipinski definition) is 2. The van der Waals surface area contributed by atoms with Crippen LogP contribution in [-0.2, 0) is 0 Å². The molecule has 0 fully saturated rings. The van der Waals surface area contributed by atoms with Crippen LogP contribution in [0, 0.1) is 4.77 Å². The molecule has 0 spiro atoms. The molecule has 0 radical (unpaired) electrons. The van der Waals surface area contributed by atoms with Gasteiger partial charge in [-0.05, 0) is 30.4 Å². The van der Waals surface area contributed by atoms with E-state index in [1.165, 1.54) is 0 Å². The Morgan fingerprint density at radius 2 is 2.27 bits per heavy atom. The van der Waals surface area contributed by atoms with E-state index in [1.807, 2.05) is 29.0 Å². The van der Waals surface area contributed by atoms with Gasteiger partial charge in [-0.25, -0.2) is 0 Å². The Morgan fingerprint density at radius 3 is 2.80 bits per heavy atom. The molecule has 0 amide bonds. The number of aromatic nitrogens is 2. The first-order chi connectivity index (χ1) is 7.22. The second-order valence-electron chi connectivity index (χ2n) is 2.95. The van der Waals surface area contributed by atoms with E-state index in [4.69, 9.17) is 28.6 Å². The molecule has 1 aromatic carbocycles. The average Bonchev–Trinajstić information content (AvgIpc) is 2.64. The fourth-order valence-electron chi connectivity index (χ4n) is 1.33. The molecule has 0 bridgehead atoms. The van der Waals surface area contributed by atoms with Gasteiger partial charge in [0, 0.05) is 18.1 Å². The van der Waals surface area contributed by atoms with Crippen molar-refractivity contribution in [1.29, 1.82) is 0 Å². The Bertz CT molecular complexity index is 532. The molecular formula is C10H9ClN2OS. The first-order valence-electron chi connectivity index (χ1n) is 4.32. The van der Waals surface area contributed by atoms with Crippen LogP contribution in [-0.4, -0.2) is 16.7 Å². The quantitative estimate of drug-likeness (QED) is 0.817. The van der Waals surface area contributed by atoms with Gasteiger partial charge in [0.2, 0.25) is 0 Å². The minimum absolute atomic E-state index is 0.568. The summed E-state index contributed by atoms with van der Waals surface area (Å²) in [7, 11) is 1.59. The molecule has 78 valence electrons. The summed E-state index contributed by atoms with van der Waals surface area (Å²) in [6.07, 6.45) is 3.63. The summed E-state index contributed by atoms with van der Waals surface area (Å²) >= 11 is 11.1. The van der Waals surface area contributed by atoms with Crippen molar-refractivity contribution in [3.8, 4) is 11.4 Å². The second-order valence-corrected chi connectivity index (χ2v) is 3.75. The fourth-order valence-corrected chi connectivity index (χ4v) is 1.82. The van der Waals surface area contributed by atoms with Crippen molar-refractivity contribution in [2.75, 3.05) is 7.11 Å². The third-order valence-corrected chi connectivity index (χ3v) is 2.67. The lowest BCUT2D eigenvalue weighted by molar-refractivity contribution is 0.415. The largest absolute Gasteiger partial charge is 0.495 e. The lowest BCUT2D eigenvalue weighted by Crippen LogP contribution is -1.93. The Morgan fingerprint density at radius 1 is 1.47 bits per heavy atom. The minimum atomic E-state index is 0.568. The highest BCUT2D eigenvalue weighted by atomic mass is 35.5. The summed E-state index contributed by atoms with van der Waals surface area (Å²) < 4.78 is 7.54. The molecule has 0 saturated carbocycles. The van der Waals surface area contributed by atoms with Crippen LogP contribution >= 0.6 is 23.8 Å². The molecular weight excluding hydrogens is 232 g/mol. The van der Waals surface area contributed by atoms with Crippen LogP contribution < -0.4 is 4.74 Å². The van der Waals surface area contributed by atoms with Crippen molar-refractivity contribution in [3.63, 3.8) is 0 Å². The van der Waals surface area contributed by atoms with Crippen LogP contribution in [0.1, 0.15) is 0 Å². The highest BCUT2D eigenvalue weighted by Gasteiger charge is 2.03. The van der Waals surface area contributed by atoms with Crippen LogP contribution in [0.25, 0.3) is 5.69 Å². The van der Waals surface area contributed by atoms with E-state index in [9.17, 15) is 0 Å². The van der Waals surface area contributed by atoms with Crippen molar-refractivity contribution in [1.82, 2.24) is 9.55 Å². The van der Waals surface area contributed by atoms with Gasteiger partial charge >= 0.3 is 0 Å². The topological polar surface area (TPSA) is 29.9 Å². The molecule has 2 rings (SSSR count). The summed E-state index contributed by atoms with van der Waals surface area (Å²) in [4.78, 5) is 2.92. The van der Waals surface area contributed by atoms with E-state index in [0.717, 1.165) is 5.69 Å². The summed E-state index contributed by atoms with van der Waals surface area (Å²) in [6.45, 7) is 0. The van der Waals surface area contributed by atoms with Crippen LogP contribution in [0.4, 0.5) is 0 Å². The SMILES string of the molecule is COc1ccc(-n2cc[nH]c2=S)cc1Cl. The summed E-state index contributed by atoms with van der Waals surface area (Å²) in [5.74, 6) is 0.655. The fraction of sp³-hybridized carbons (Fsp3) is 0.100. The van der Waals surface area contributed by atoms with E-state index in [-0.39, 0.29) is 0 Å². The maximum absolute atomic E-state index is 6.02. The van der Waals surface area contributed by atoms with Crippen molar-refractivity contribution < 1.29 is 4.74 Å². The minimum Gasteiger partial charge on any atom is -0.495 e. The average molecular weight is 241 g/mol. The predicted octanol–water partition coefficient (Wildman–Crippen LogP) is 3.20. The Hall–Kier alpha value is -1.26. The lowest BCUT2D eigenvalue weighted by atomic mass is 10.3. The molecule has 0 aliphatic heterocycles. The number of hydrogen-bond donors (Lipinski definition) is 1. The van der Waals surface area contributed by atoms with Gasteiger partial charge < -0.3 is 9.72 Å². The normalized spacial score (nSPS) is 10.3. The van der Waals surface area contributed by atoms with Gasteiger partial charge in [-0.2, -0.15) is 0 Å². The number of methoxy groups -OCH3 is 1. The van der Waals surface area contributed by atoms with Gasteiger partial charge in [0.05, 0.1) is 12.1 Å². The number of ether oxygens (including phenoxy) is 1. The van der Waals surface area contributed by atoms with E-state index < -0.39 is 0 Å². The zero-order valence-corrected chi connectivity index (χ0v) is 9.60. The Balaban J connectivity index is 2.52. The Labute approximate surface area is 97.3 Å². The monoisotopic (exact) mass is 240 g/mol. The molecule has 5 heteroatoms. The highest BCUT2D eigenvalue weighted by molar-refractivity contribution is 7.71. The number of nitrogens with zero attached hydrogens (tertiary/aromatic N) is 1. The lowest BCUT2D eigenvalue weighted by Gasteiger charge is -2.06. The molecule has 15 heavy (non-hydrogen) atoms. The van der Waals surface area contributed by atoms with Gasteiger partial charge in [0.25, 0.3) is 0 Å². The summed E-state index contributed by atoms with van der Waals surface area (Å²) in [5, 5.41) is 0.568. The maximum atomic E-state index is 6.02. The molecule has 0 saturated heterocycles. The third-order valence-electron chi connectivity index (χ3n) is 2.06. The second kappa shape index (κ2) is 4.08. The molecule has 2 aromatic rings. The van der Waals surface area contributed by atoms with Gasteiger partial charge in [0.1, 0.15) is 5.75 Å². The third kappa shape index (κ3) is 1.91. The smallest absolute Gasteiger partial charge is 0.181 e. The van der Waals surface area contributed by atoms with Gasteiger partial charge in [-0.1, -0.05) is 11.6 Å². The van der Waals surface area contributed by atoms with Crippen molar-refractivity contribution in [2.45, 2.75) is 0 Å². The first kappa shape index (κ1) is 10.3. The number of aromatic amines is 1. The highest BCUT2D eigenvalue weighted by Crippen LogP contribution is 2.26. The molecule has 0 aliphatic carbocycles. The van der Waals surface area contributed by atoms with Crippen LogP contribution in [0.15, 0.2) is 30.6 Å². The molecule has 1 N–H and O–H groups in total. The predicted molar refractivity (Wildman–Crippen MR) is 62.5 cm³/mol. The van der Waals surface area contributed by atoms with Crippen LogP contribution in [0.5, 0.6) is 5.75 Å². The standard InChI is InChI=1S/C10H9ClN2OS/c1-14-9-3-2-7(6-8(9)11)13-5-4-12-10(13)15/h2-6H,1H3,(H,12,15). The number of benzene rings is 1. The summed E-state index contributed by atoms with van der Waals surface area (Å²) in [5.41, 5.74) is 0.909. The van der Waals surface area contributed by atoms with Crippen molar-refractivity contribution in [3.05, 3.63) is 40.4 Å². The van der Waals surface area contributed by atoms with Gasteiger partial charge in [0.15, 0.2) is 4.77 Å². The molecule has 3 nitrogen and oxygen atoms in total. The van der Waals surface area contributed by atoms with Gasteiger partial charge in [-0.3, -0.25) is 4.57 Å². The number of imidazole rings is 1. The van der Waals surface area contributed by atoms with E-state index in [1.54, 1.807) is 13.3 Å². The molecule has 0 aliphatic rings. The number of halogens is 1. The zero-order chi connectivity index (χ0) is 10.8. The van der Waals surface area contributed by atoms with Gasteiger partial charge in [-0.15, -0.1) is 0 Å². The Kier molecular flexibility index (Phi) is 2.79. The molecule has 0 atom stereocenters. The summed E-state index contributed by atoms with van der Waals surface area (Å²) in [6, 6.07) is 5.52. The van der Waals surface area contributed by atoms with Crippen molar-refractivity contribution >= 4 is 23.8 Å². The van der Waals surface area contributed by atoms with E-state index >= 15 is 0 Å². The zero-order valence-electron chi connectivity index (χ0n) is 8.03. The molecule has 1 aromatic heterocycles. The molecule has 1 heterocycles.